The minimum atomic E-state index is 0.551. The lowest BCUT2D eigenvalue weighted by Gasteiger charge is -2.23. The molecule has 0 saturated carbocycles. The lowest BCUT2D eigenvalue weighted by molar-refractivity contribution is 0.267. The molecule has 1 fully saturated rings. The number of hydrogen-bond donors (Lipinski definition) is 2. The number of rotatable bonds is 6. The molecule has 0 radical (unpaired) electrons. The molecule has 0 bridgehead atoms. The van der Waals surface area contributed by atoms with E-state index >= 15 is 0 Å². The highest BCUT2D eigenvalue weighted by Gasteiger charge is 2.22. The van der Waals surface area contributed by atoms with Gasteiger partial charge in [0.2, 0.25) is 0 Å². The van der Waals surface area contributed by atoms with Gasteiger partial charge in [-0.05, 0) is 56.3 Å². The molecule has 1 aliphatic rings. The molecular formula is C17H28N4S. The molecule has 0 amide bonds. The number of aryl methyl sites for hydroxylation is 1. The van der Waals surface area contributed by atoms with Crippen LogP contribution in [0.3, 0.4) is 0 Å². The van der Waals surface area contributed by atoms with Gasteiger partial charge in [0, 0.05) is 17.5 Å². The summed E-state index contributed by atoms with van der Waals surface area (Å²) in [6.07, 6.45) is 4.64. The zero-order valence-electron chi connectivity index (χ0n) is 13.9. The van der Waals surface area contributed by atoms with E-state index in [1.807, 2.05) is 0 Å². The Morgan fingerprint density at radius 1 is 1.50 bits per heavy atom. The first-order valence-corrected chi connectivity index (χ1v) is 9.28. The van der Waals surface area contributed by atoms with E-state index < -0.39 is 0 Å². The van der Waals surface area contributed by atoms with Gasteiger partial charge in [0.05, 0.1) is 6.54 Å². The van der Waals surface area contributed by atoms with E-state index in [2.05, 4.69) is 53.5 Å². The minimum absolute atomic E-state index is 0.551. The van der Waals surface area contributed by atoms with Gasteiger partial charge in [0.25, 0.3) is 0 Å². The largest absolute Gasteiger partial charge is 0.370 e. The Bertz CT molecular complexity index is 515. The van der Waals surface area contributed by atoms with Crippen molar-refractivity contribution in [3.8, 4) is 0 Å². The van der Waals surface area contributed by atoms with Crippen molar-refractivity contribution in [3.63, 3.8) is 0 Å². The number of benzene rings is 1. The monoisotopic (exact) mass is 320 g/mol. The summed E-state index contributed by atoms with van der Waals surface area (Å²) in [5.41, 5.74) is 8.54. The molecule has 0 aromatic heterocycles. The fourth-order valence-electron chi connectivity index (χ4n) is 2.97. The van der Waals surface area contributed by atoms with E-state index in [0.29, 0.717) is 18.5 Å². The molecule has 0 aliphatic carbocycles. The van der Waals surface area contributed by atoms with Crippen LogP contribution in [-0.2, 0) is 6.54 Å². The van der Waals surface area contributed by atoms with Crippen LogP contribution in [0, 0.1) is 6.92 Å². The van der Waals surface area contributed by atoms with Crippen molar-refractivity contribution in [2.75, 3.05) is 25.9 Å². The third-order valence-electron chi connectivity index (χ3n) is 4.29. The number of thioether (sulfide) groups is 1. The van der Waals surface area contributed by atoms with Gasteiger partial charge in [-0.2, -0.15) is 0 Å². The van der Waals surface area contributed by atoms with Crippen LogP contribution < -0.4 is 11.1 Å². The zero-order chi connectivity index (χ0) is 15.9. The minimum Gasteiger partial charge on any atom is -0.370 e. The van der Waals surface area contributed by atoms with Crippen molar-refractivity contribution in [1.29, 1.82) is 0 Å². The summed E-state index contributed by atoms with van der Waals surface area (Å²) in [4.78, 5) is 8.28. The number of guanidine groups is 1. The highest BCUT2D eigenvalue weighted by atomic mass is 32.2. The van der Waals surface area contributed by atoms with Crippen molar-refractivity contribution in [3.05, 3.63) is 29.3 Å². The second-order valence-electron chi connectivity index (χ2n) is 5.82. The lowest BCUT2D eigenvalue weighted by atomic mass is 10.1. The van der Waals surface area contributed by atoms with Crippen LogP contribution in [0.2, 0.25) is 0 Å². The lowest BCUT2D eigenvalue weighted by Crippen LogP contribution is -2.42. The molecule has 122 valence electrons. The van der Waals surface area contributed by atoms with Crippen LogP contribution in [0.25, 0.3) is 0 Å². The summed E-state index contributed by atoms with van der Waals surface area (Å²) < 4.78 is 0. The van der Waals surface area contributed by atoms with E-state index in [0.717, 1.165) is 13.1 Å². The van der Waals surface area contributed by atoms with Crippen molar-refractivity contribution in [2.24, 2.45) is 10.7 Å². The number of aliphatic imine (C=N–C) groups is 1. The molecule has 22 heavy (non-hydrogen) atoms. The average Bonchev–Trinajstić information content (AvgIpc) is 2.99. The van der Waals surface area contributed by atoms with Crippen molar-refractivity contribution >= 4 is 17.7 Å². The first-order chi connectivity index (χ1) is 10.6. The Kier molecular flexibility index (Phi) is 6.58. The standard InChI is InChI=1S/C17H28N4S/c1-4-21-9-5-6-15(21)12-20-17(18)19-11-14-8-7-13(2)10-16(14)22-3/h7-8,10,15H,4-6,9,11-12H2,1-3H3,(H3,18,19,20). The van der Waals surface area contributed by atoms with Crippen molar-refractivity contribution in [2.45, 2.75) is 44.2 Å². The molecule has 1 aliphatic heterocycles. The maximum absolute atomic E-state index is 6.02. The molecule has 0 spiro atoms. The quantitative estimate of drug-likeness (QED) is 0.481. The molecule has 1 saturated heterocycles. The third-order valence-corrected chi connectivity index (χ3v) is 5.11. The highest BCUT2D eigenvalue weighted by Crippen LogP contribution is 2.22. The number of nitrogens with two attached hydrogens (primary N) is 1. The van der Waals surface area contributed by atoms with Gasteiger partial charge >= 0.3 is 0 Å². The molecule has 4 nitrogen and oxygen atoms in total. The topological polar surface area (TPSA) is 53.6 Å². The normalized spacial score (nSPS) is 19.6. The van der Waals surface area contributed by atoms with E-state index in [-0.39, 0.29) is 0 Å². The van der Waals surface area contributed by atoms with Crippen LogP contribution in [0.4, 0.5) is 0 Å². The van der Waals surface area contributed by atoms with E-state index in [1.54, 1.807) is 11.8 Å². The Labute approximate surface area is 138 Å². The summed E-state index contributed by atoms with van der Waals surface area (Å²) >= 11 is 1.76. The van der Waals surface area contributed by atoms with Crippen LogP contribution in [-0.4, -0.2) is 42.8 Å². The van der Waals surface area contributed by atoms with Gasteiger partial charge in [-0.25, -0.2) is 4.99 Å². The fraction of sp³-hybridized carbons (Fsp3) is 0.588. The molecule has 1 atom stereocenters. The summed E-state index contributed by atoms with van der Waals surface area (Å²) in [7, 11) is 0. The van der Waals surface area contributed by atoms with Gasteiger partial charge in [0.15, 0.2) is 5.96 Å². The Morgan fingerprint density at radius 2 is 2.32 bits per heavy atom. The summed E-state index contributed by atoms with van der Waals surface area (Å²) in [5.74, 6) is 0.551. The van der Waals surface area contributed by atoms with Crippen molar-refractivity contribution < 1.29 is 0 Å². The molecule has 1 aromatic rings. The maximum Gasteiger partial charge on any atom is 0.188 e. The molecular weight excluding hydrogens is 292 g/mol. The molecule has 5 heteroatoms. The van der Waals surface area contributed by atoms with Crippen LogP contribution in [0.1, 0.15) is 30.9 Å². The van der Waals surface area contributed by atoms with E-state index in [9.17, 15) is 0 Å². The molecule has 1 heterocycles. The smallest absolute Gasteiger partial charge is 0.188 e. The molecule has 1 aromatic carbocycles. The Balaban J connectivity index is 1.87. The predicted octanol–water partition coefficient (Wildman–Crippen LogP) is 2.61. The molecule has 3 N–H and O–H groups in total. The SMILES string of the molecule is CCN1CCCC1CNC(N)=NCc1ccc(C)cc1SC. The predicted molar refractivity (Wildman–Crippen MR) is 96.6 cm³/mol. The number of hydrogen-bond acceptors (Lipinski definition) is 3. The van der Waals surface area contributed by atoms with Crippen LogP contribution in [0.5, 0.6) is 0 Å². The Morgan fingerprint density at radius 3 is 3.05 bits per heavy atom. The average molecular weight is 321 g/mol. The number of likely N-dealkylation sites (N-methyl/N-ethyl adjacent to an activating group) is 1. The first kappa shape index (κ1) is 17.2. The van der Waals surface area contributed by atoms with Crippen molar-refractivity contribution in [1.82, 2.24) is 10.2 Å². The maximum atomic E-state index is 6.02. The van der Waals surface area contributed by atoms with Gasteiger partial charge in [-0.1, -0.05) is 19.1 Å². The number of nitrogens with one attached hydrogen (secondary N) is 1. The fourth-order valence-corrected chi connectivity index (χ4v) is 3.67. The van der Waals surface area contributed by atoms with E-state index in [4.69, 9.17) is 5.73 Å². The highest BCUT2D eigenvalue weighted by molar-refractivity contribution is 7.98. The van der Waals surface area contributed by atoms with Gasteiger partial charge in [-0.15, -0.1) is 11.8 Å². The Hall–Kier alpha value is -1.20. The molecule has 1 unspecified atom stereocenters. The number of nitrogens with zero attached hydrogens (tertiary/aromatic N) is 2. The number of likely N-dealkylation sites (tertiary alicyclic amines) is 1. The zero-order valence-corrected chi connectivity index (χ0v) is 14.7. The van der Waals surface area contributed by atoms with Crippen LogP contribution >= 0.6 is 11.8 Å². The second kappa shape index (κ2) is 8.44. The van der Waals surface area contributed by atoms with Crippen LogP contribution in [0.15, 0.2) is 28.1 Å². The van der Waals surface area contributed by atoms with Gasteiger partial charge in [0.1, 0.15) is 0 Å². The second-order valence-corrected chi connectivity index (χ2v) is 6.67. The first-order valence-electron chi connectivity index (χ1n) is 8.05. The van der Waals surface area contributed by atoms with Gasteiger partial charge < -0.3 is 11.1 Å². The molecule has 2 rings (SSSR count). The van der Waals surface area contributed by atoms with Gasteiger partial charge in [-0.3, -0.25) is 4.90 Å². The summed E-state index contributed by atoms with van der Waals surface area (Å²) in [6, 6.07) is 7.08. The summed E-state index contributed by atoms with van der Waals surface area (Å²) in [5, 5.41) is 3.29. The third kappa shape index (κ3) is 4.65. The summed E-state index contributed by atoms with van der Waals surface area (Å²) in [6.45, 7) is 8.19. The van der Waals surface area contributed by atoms with E-state index in [1.165, 1.54) is 35.4 Å².